The smallest absolute Gasteiger partial charge is 0.213 e. The number of benzene rings is 8. The number of fused-ring (bicyclic) bond motifs is 15. The van der Waals surface area contributed by atoms with Crippen molar-refractivity contribution in [3.8, 4) is 33.4 Å². The Labute approximate surface area is 455 Å². The Kier molecular flexibility index (Phi) is 10.1. The van der Waals surface area contributed by atoms with Crippen molar-refractivity contribution in [3.63, 3.8) is 0 Å². The minimum absolute atomic E-state index is 0.00579. The zero-order chi connectivity index (χ0) is 54.6. The van der Waals surface area contributed by atoms with Crippen molar-refractivity contribution >= 4 is 87.4 Å². The Hall–Kier alpha value is -7.10. The number of rotatable bonds is 3. The van der Waals surface area contributed by atoms with Crippen LogP contribution in [0.1, 0.15) is 158 Å². The predicted octanol–water partition coefficient (Wildman–Crippen LogP) is 21.5. The van der Waals surface area contributed by atoms with E-state index in [0.717, 1.165) is 16.7 Å². The lowest BCUT2D eigenvalue weighted by Gasteiger charge is -2.26. The molecule has 77 heavy (non-hydrogen) atoms. The molecule has 5 aromatic heterocycles. The second kappa shape index (κ2) is 15.8. The molecule has 388 valence electrons. The monoisotopic (exact) mass is 1010 g/mol. The maximum absolute atomic E-state index is 7.14. The normalized spacial score (nSPS) is 13.8. The Morgan fingerprint density at radius 1 is 0.273 bits per heavy atom. The molecule has 0 saturated carbocycles. The summed E-state index contributed by atoms with van der Waals surface area (Å²) >= 11 is 0. The van der Waals surface area contributed by atoms with Gasteiger partial charge in [0.2, 0.25) is 5.71 Å². The van der Waals surface area contributed by atoms with Crippen LogP contribution in [0.4, 0.5) is 0 Å². The number of furan rings is 1. The average Bonchev–Trinajstić information content (AvgIpc) is 3.93. The van der Waals surface area contributed by atoms with Crippen LogP contribution in [-0.4, -0.2) is 8.80 Å². The summed E-state index contributed by atoms with van der Waals surface area (Å²) in [5.74, 6) is 0. The van der Waals surface area contributed by atoms with Gasteiger partial charge < -0.3 is 8.82 Å². The zero-order valence-electron chi connectivity index (χ0n) is 49.0. The van der Waals surface area contributed by atoms with Gasteiger partial charge in [0.1, 0.15) is 5.58 Å². The first-order valence-electron chi connectivity index (χ1n) is 28.2. The molecular formula is C74H76N2O. The molecule has 0 fully saturated rings. The highest BCUT2D eigenvalue weighted by Crippen LogP contribution is 2.51. The maximum Gasteiger partial charge on any atom is 0.213 e. The highest BCUT2D eigenvalue weighted by atomic mass is 16.3. The fraction of sp³-hybridized carbons (Fsp3) is 0.324. The Morgan fingerprint density at radius 3 is 1.13 bits per heavy atom. The highest BCUT2D eigenvalue weighted by molar-refractivity contribution is 6.35. The van der Waals surface area contributed by atoms with E-state index in [1.54, 1.807) is 0 Å². The van der Waals surface area contributed by atoms with Gasteiger partial charge in [0.25, 0.3) is 0 Å². The predicted molar refractivity (Wildman–Crippen MR) is 334 cm³/mol. The molecule has 0 spiro atoms. The van der Waals surface area contributed by atoms with E-state index >= 15 is 0 Å². The lowest BCUT2D eigenvalue weighted by molar-refractivity contribution is 0.568. The quantitative estimate of drug-likeness (QED) is 0.173. The summed E-state index contributed by atoms with van der Waals surface area (Å²) in [6.45, 7) is 42.1. The molecule has 0 atom stereocenters. The molecule has 0 radical (unpaired) electrons. The second-order valence-electron chi connectivity index (χ2n) is 29.3. The van der Waals surface area contributed by atoms with Crippen molar-refractivity contribution in [1.29, 1.82) is 0 Å². The fourth-order valence-electron chi connectivity index (χ4n) is 12.6. The fourth-order valence-corrected chi connectivity index (χ4v) is 12.6. The molecule has 0 aliphatic heterocycles. The van der Waals surface area contributed by atoms with Crippen LogP contribution in [-0.2, 0) is 32.5 Å². The van der Waals surface area contributed by atoms with Gasteiger partial charge in [-0.3, -0.25) is 4.40 Å². The zero-order valence-corrected chi connectivity index (χ0v) is 49.0. The minimum atomic E-state index is -0.0342. The summed E-state index contributed by atoms with van der Waals surface area (Å²) in [7, 11) is 0. The van der Waals surface area contributed by atoms with Crippen LogP contribution < -0.4 is 0 Å². The summed E-state index contributed by atoms with van der Waals surface area (Å²) in [5.41, 5.74) is 23.5. The average molecular weight is 1010 g/mol. The molecule has 0 bridgehead atoms. The number of para-hydroxylation sites is 1. The van der Waals surface area contributed by atoms with E-state index in [2.05, 4.69) is 267 Å². The van der Waals surface area contributed by atoms with E-state index in [1.165, 1.54) is 137 Å². The summed E-state index contributed by atoms with van der Waals surface area (Å²) in [5, 5.41) is 11.1. The van der Waals surface area contributed by atoms with Crippen LogP contribution in [0.15, 0.2) is 138 Å². The molecule has 8 aromatic carbocycles. The van der Waals surface area contributed by atoms with E-state index in [4.69, 9.17) is 4.42 Å². The Bertz CT molecular complexity index is 4500. The third kappa shape index (κ3) is 7.56. The van der Waals surface area contributed by atoms with Gasteiger partial charge >= 0.3 is 0 Å². The molecule has 0 saturated heterocycles. The first-order valence-corrected chi connectivity index (χ1v) is 28.2. The first kappa shape index (κ1) is 49.5. The molecule has 5 heterocycles. The standard InChI is InChI=1S/C74H76N2O/c1-69(2,3)47-27-42(28-48(38-47)70(4,5)6)41-23-25-60-55(33-41)57-35-46(44-31-51(73(13,14)15)40-52(32-44)74(16,17)18)37-59-64-61(75(60)65(57)59)26-24-53-56-34-45(43-29-49(71(7,8)9)39-50(30-43)72(10,11)12)36-58-63-54-21-19-20-22-62(54)77-68(63)76(66(56)58)67(53)64/h19-40H,1-18H3. The summed E-state index contributed by atoms with van der Waals surface area (Å²) in [6.07, 6.45) is 0. The molecule has 3 heteroatoms. The number of hydrogen-bond acceptors (Lipinski definition) is 1. The Balaban J connectivity index is 1.19. The molecule has 13 rings (SSSR count). The molecule has 0 unspecified atom stereocenters. The van der Waals surface area contributed by atoms with Crippen LogP contribution in [0.5, 0.6) is 0 Å². The molecule has 13 aromatic rings. The van der Waals surface area contributed by atoms with Crippen LogP contribution in [0.3, 0.4) is 0 Å². The third-order valence-electron chi connectivity index (χ3n) is 17.4. The number of hydrogen-bond donors (Lipinski definition) is 0. The van der Waals surface area contributed by atoms with Gasteiger partial charge in [-0.05, 0) is 148 Å². The molecule has 0 N–H and O–H groups in total. The van der Waals surface area contributed by atoms with Gasteiger partial charge in [0.05, 0.1) is 33.0 Å². The van der Waals surface area contributed by atoms with Gasteiger partial charge in [-0.25, -0.2) is 0 Å². The van der Waals surface area contributed by atoms with Crippen molar-refractivity contribution in [3.05, 3.63) is 167 Å². The highest BCUT2D eigenvalue weighted by Gasteiger charge is 2.30. The van der Waals surface area contributed by atoms with Gasteiger partial charge in [-0.1, -0.05) is 210 Å². The largest absolute Gasteiger partial charge is 0.439 e. The van der Waals surface area contributed by atoms with Crippen LogP contribution >= 0.6 is 0 Å². The summed E-state index contributed by atoms with van der Waals surface area (Å²) in [4.78, 5) is 0. The lowest BCUT2D eigenvalue weighted by atomic mass is 9.78. The molecular weight excluding hydrogens is 933 g/mol. The van der Waals surface area contributed by atoms with Crippen molar-refractivity contribution in [2.24, 2.45) is 0 Å². The lowest BCUT2D eigenvalue weighted by Crippen LogP contribution is -2.16. The SMILES string of the molecule is CC(C)(C)c1cc(-c2ccc3c(c2)c2cc(-c4cc(C(C)(C)C)cc(C(C)(C)C)c4)cc4c5c(ccc6c7cc(-c8cc(C(C)(C)C)cc(C(C)(C)C)c8)cc8c9c%10ccccc%10oc9n(c78)c65)n3c24)cc(C(C)(C)C)c1. The van der Waals surface area contributed by atoms with E-state index in [9.17, 15) is 0 Å². The summed E-state index contributed by atoms with van der Waals surface area (Å²) in [6, 6.07) is 52.7. The van der Waals surface area contributed by atoms with E-state index in [-0.39, 0.29) is 32.5 Å². The molecule has 0 aliphatic carbocycles. The third-order valence-corrected chi connectivity index (χ3v) is 17.4. The van der Waals surface area contributed by atoms with Gasteiger partial charge in [-0.2, -0.15) is 0 Å². The van der Waals surface area contributed by atoms with Crippen molar-refractivity contribution in [2.75, 3.05) is 0 Å². The van der Waals surface area contributed by atoms with E-state index < -0.39 is 0 Å². The van der Waals surface area contributed by atoms with E-state index in [1.807, 2.05) is 0 Å². The summed E-state index contributed by atoms with van der Waals surface area (Å²) < 4.78 is 12.2. The van der Waals surface area contributed by atoms with Crippen molar-refractivity contribution < 1.29 is 4.42 Å². The van der Waals surface area contributed by atoms with E-state index in [0.29, 0.717) is 0 Å². The van der Waals surface area contributed by atoms with Crippen LogP contribution in [0.2, 0.25) is 0 Å². The second-order valence-corrected chi connectivity index (χ2v) is 29.3. The Morgan fingerprint density at radius 2 is 0.649 bits per heavy atom. The van der Waals surface area contributed by atoms with Gasteiger partial charge in [0, 0.05) is 43.1 Å². The van der Waals surface area contributed by atoms with Crippen molar-refractivity contribution in [1.82, 2.24) is 8.80 Å². The van der Waals surface area contributed by atoms with Gasteiger partial charge in [0.15, 0.2) is 0 Å². The van der Waals surface area contributed by atoms with Crippen LogP contribution in [0, 0.1) is 0 Å². The molecule has 3 nitrogen and oxygen atoms in total. The first-order chi connectivity index (χ1) is 35.9. The molecule has 0 aliphatic rings. The van der Waals surface area contributed by atoms with Crippen LogP contribution in [0.25, 0.3) is 121 Å². The maximum atomic E-state index is 7.14. The molecule has 0 amide bonds. The van der Waals surface area contributed by atoms with Crippen molar-refractivity contribution in [2.45, 2.75) is 157 Å². The number of nitrogens with zero attached hydrogens (tertiary/aromatic N) is 2. The topological polar surface area (TPSA) is 22.0 Å². The van der Waals surface area contributed by atoms with Gasteiger partial charge in [-0.15, -0.1) is 0 Å². The number of aromatic nitrogens is 2. The minimum Gasteiger partial charge on any atom is -0.439 e.